The number of rotatable bonds is 5. The molecule has 4 aromatic rings. The van der Waals surface area contributed by atoms with Gasteiger partial charge in [-0.3, -0.25) is 9.78 Å². The molecule has 33 heavy (non-hydrogen) atoms. The molecule has 2 aromatic heterocycles. The molecule has 1 atom stereocenters. The van der Waals surface area contributed by atoms with Gasteiger partial charge in [0.15, 0.2) is 0 Å². The summed E-state index contributed by atoms with van der Waals surface area (Å²) in [7, 11) is 0. The highest BCUT2D eigenvalue weighted by atomic mass is 16.5. The van der Waals surface area contributed by atoms with E-state index in [0.29, 0.717) is 37.6 Å². The smallest absolute Gasteiger partial charge is 0.321 e. The Morgan fingerprint density at radius 3 is 2.85 bits per heavy atom. The number of hydrogen-bond donors (Lipinski definition) is 0. The van der Waals surface area contributed by atoms with Gasteiger partial charge >= 0.3 is 6.01 Å². The number of benzene rings is 2. The van der Waals surface area contributed by atoms with Crippen LogP contribution in [-0.2, 0) is 11.2 Å². The standard InChI is InChI=1S/C26H24N4O3/c31-25(21-5-2-7-23(15-21)33-26-28-9-3-10-29-26)30-12-13-32-18-19(17-30)14-20-4-1-6-22-16-27-11-8-24(20)22/h1-11,15-16,19H,12-14,17-18H2/t19-/m0/s1. The average molecular weight is 441 g/mol. The van der Waals surface area contributed by atoms with Crippen LogP contribution < -0.4 is 4.74 Å². The molecule has 0 aliphatic carbocycles. The SMILES string of the molecule is O=C(c1cccc(Oc2ncccn2)c1)N1CCOC[C@@H](Cc2cccc3cnccc23)C1. The number of pyridine rings is 1. The first kappa shape index (κ1) is 21.0. The molecule has 2 aromatic carbocycles. The Kier molecular flexibility index (Phi) is 6.21. The second kappa shape index (κ2) is 9.75. The van der Waals surface area contributed by atoms with Crippen LogP contribution in [0.15, 0.2) is 79.4 Å². The third kappa shape index (κ3) is 4.99. The van der Waals surface area contributed by atoms with Crippen molar-refractivity contribution in [1.29, 1.82) is 0 Å². The van der Waals surface area contributed by atoms with Crippen molar-refractivity contribution in [1.82, 2.24) is 19.9 Å². The van der Waals surface area contributed by atoms with Crippen LogP contribution in [0.2, 0.25) is 0 Å². The fourth-order valence-corrected chi connectivity index (χ4v) is 4.19. The van der Waals surface area contributed by atoms with Gasteiger partial charge in [0.05, 0.1) is 13.2 Å². The number of hydrogen-bond acceptors (Lipinski definition) is 6. The number of ether oxygens (including phenoxy) is 2. The maximum absolute atomic E-state index is 13.3. The van der Waals surface area contributed by atoms with Crippen molar-refractivity contribution in [3.63, 3.8) is 0 Å². The van der Waals surface area contributed by atoms with Gasteiger partial charge in [-0.1, -0.05) is 24.3 Å². The highest BCUT2D eigenvalue weighted by Crippen LogP contribution is 2.24. The van der Waals surface area contributed by atoms with Crippen LogP contribution in [0, 0.1) is 5.92 Å². The summed E-state index contributed by atoms with van der Waals surface area (Å²) >= 11 is 0. The number of carbonyl (C=O) groups is 1. The van der Waals surface area contributed by atoms with Gasteiger partial charge in [0, 0.05) is 54.7 Å². The van der Waals surface area contributed by atoms with Crippen LogP contribution >= 0.6 is 0 Å². The first-order chi connectivity index (χ1) is 16.3. The molecule has 0 bridgehead atoms. The molecule has 0 N–H and O–H groups in total. The van der Waals surface area contributed by atoms with E-state index < -0.39 is 0 Å². The molecule has 166 valence electrons. The van der Waals surface area contributed by atoms with E-state index in [1.807, 2.05) is 23.4 Å². The van der Waals surface area contributed by atoms with Crippen LogP contribution in [0.1, 0.15) is 15.9 Å². The minimum absolute atomic E-state index is 0.0351. The highest BCUT2D eigenvalue weighted by Gasteiger charge is 2.24. The zero-order valence-electron chi connectivity index (χ0n) is 18.1. The van der Waals surface area contributed by atoms with E-state index >= 15 is 0 Å². The third-order valence-corrected chi connectivity index (χ3v) is 5.74. The molecule has 3 heterocycles. The third-order valence-electron chi connectivity index (χ3n) is 5.74. The van der Waals surface area contributed by atoms with Crippen LogP contribution in [0.5, 0.6) is 11.8 Å². The maximum Gasteiger partial charge on any atom is 0.321 e. The maximum atomic E-state index is 13.3. The van der Waals surface area contributed by atoms with Crippen molar-refractivity contribution >= 4 is 16.7 Å². The van der Waals surface area contributed by atoms with Crippen molar-refractivity contribution in [2.45, 2.75) is 6.42 Å². The van der Waals surface area contributed by atoms with Crippen LogP contribution in [0.25, 0.3) is 10.8 Å². The summed E-state index contributed by atoms with van der Waals surface area (Å²) in [6, 6.07) is 17.4. The number of nitrogens with zero attached hydrogens (tertiary/aromatic N) is 4. The Morgan fingerprint density at radius 1 is 1.06 bits per heavy atom. The Labute approximate surface area is 192 Å². The predicted octanol–water partition coefficient (Wildman–Crippen LogP) is 4.15. The van der Waals surface area contributed by atoms with Crippen molar-refractivity contribution in [3.05, 3.63) is 90.5 Å². The Bertz CT molecular complexity index is 1240. The first-order valence-electron chi connectivity index (χ1n) is 11.0. The summed E-state index contributed by atoms with van der Waals surface area (Å²) in [6.07, 6.45) is 7.76. The van der Waals surface area contributed by atoms with E-state index in [9.17, 15) is 4.79 Å². The van der Waals surface area contributed by atoms with E-state index in [2.05, 4.69) is 33.2 Å². The van der Waals surface area contributed by atoms with Crippen LogP contribution in [0.4, 0.5) is 0 Å². The molecule has 0 spiro atoms. The zero-order valence-corrected chi connectivity index (χ0v) is 18.1. The van der Waals surface area contributed by atoms with Gasteiger partial charge in [0.2, 0.25) is 0 Å². The molecule has 7 nitrogen and oxygen atoms in total. The predicted molar refractivity (Wildman–Crippen MR) is 124 cm³/mol. The summed E-state index contributed by atoms with van der Waals surface area (Å²) < 4.78 is 11.6. The molecule has 0 unspecified atom stereocenters. The number of carbonyl (C=O) groups excluding carboxylic acids is 1. The summed E-state index contributed by atoms with van der Waals surface area (Å²) in [5.74, 6) is 0.693. The van der Waals surface area contributed by atoms with E-state index in [1.54, 1.807) is 42.7 Å². The summed E-state index contributed by atoms with van der Waals surface area (Å²) in [5, 5.41) is 2.32. The molecule has 0 saturated carbocycles. The molecule has 5 rings (SSSR count). The number of fused-ring (bicyclic) bond motifs is 1. The Hall–Kier alpha value is -3.84. The normalized spacial score (nSPS) is 16.4. The van der Waals surface area contributed by atoms with Crippen molar-refractivity contribution in [3.8, 4) is 11.8 Å². The Balaban J connectivity index is 1.32. The minimum Gasteiger partial charge on any atom is -0.424 e. The summed E-state index contributed by atoms with van der Waals surface area (Å²) in [4.78, 5) is 27.6. The van der Waals surface area contributed by atoms with E-state index in [1.165, 1.54) is 10.9 Å². The molecule has 0 radical (unpaired) electrons. The minimum atomic E-state index is -0.0351. The monoisotopic (exact) mass is 440 g/mol. The van der Waals surface area contributed by atoms with Crippen molar-refractivity contribution in [2.24, 2.45) is 5.92 Å². The summed E-state index contributed by atoms with van der Waals surface area (Å²) in [5.41, 5.74) is 1.82. The van der Waals surface area contributed by atoms with Gasteiger partial charge in [0.1, 0.15) is 5.75 Å². The largest absolute Gasteiger partial charge is 0.424 e. The molecular formula is C26H24N4O3. The molecule has 1 aliphatic heterocycles. The molecule has 1 amide bonds. The zero-order chi connectivity index (χ0) is 22.5. The number of aromatic nitrogens is 3. The second-order valence-electron chi connectivity index (χ2n) is 8.07. The van der Waals surface area contributed by atoms with Gasteiger partial charge in [-0.15, -0.1) is 0 Å². The van der Waals surface area contributed by atoms with Crippen LogP contribution in [0.3, 0.4) is 0 Å². The van der Waals surface area contributed by atoms with Gasteiger partial charge < -0.3 is 14.4 Å². The van der Waals surface area contributed by atoms with E-state index in [0.717, 1.165) is 11.8 Å². The van der Waals surface area contributed by atoms with Crippen molar-refractivity contribution in [2.75, 3.05) is 26.3 Å². The lowest BCUT2D eigenvalue weighted by Gasteiger charge is -2.24. The van der Waals surface area contributed by atoms with E-state index in [-0.39, 0.29) is 17.8 Å². The van der Waals surface area contributed by atoms with Gasteiger partial charge in [0.25, 0.3) is 5.91 Å². The van der Waals surface area contributed by atoms with Gasteiger partial charge in [-0.05, 0) is 47.7 Å². The lowest BCUT2D eigenvalue weighted by molar-refractivity contribution is 0.0737. The van der Waals surface area contributed by atoms with E-state index in [4.69, 9.17) is 9.47 Å². The van der Waals surface area contributed by atoms with Gasteiger partial charge in [-0.2, -0.15) is 0 Å². The quantitative estimate of drug-likeness (QED) is 0.464. The molecular weight excluding hydrogens is 416 g/mol. The van der Waals surface area contributed by atoms with Gasteiger partial charge in [-0.25, -0.2) is 9.97 Å². The lowest BCUT2D eigenvalue weighted by atomic mass is 9.95. The topological polar surface area (TPSA) is 77.4 Å². The fourth-order valence-electron chi connectivity index (χ4n) is 4.19. The molecule has 1 saturated heterocycles. The molecule has 7 heteroatoms. The molecule has 1 aliphatic rings. The summed E-state index contributed by atoms with van der Waals surface area (Å²) in [6.45, 7) is 2.34. The van der Waals surface area contributed by atoms with Crippen molar-refractivity contribution < 1.29 is 14.3 Å². The number of amides is 1. The fraction of sp³-hybridized carbons (Fsp3) is 0.231. The van der Waals surface area contributed by atoms with Crippen LogP contribution in [-0.4, -0.2) is 52.1 Å². The highest BCUT2D eigenvalue weighted by molar-refractivity contribution is 5.94. The average Bonchev–Trinajstić information content (AvgIpc) is 3.10. The second-order valence-corrected chi connectivity index (χ2v) is 8.07. The Morgan fingerprint density at radius 2 is 1.94 bits per heavy atom. The lowest BCUT2D eigenvalue weighted by Crippen LogP contribution is -2.36. The first-order valence-corrected chi connectivity index (χ1v) is 11.0. The molecule has 1 fully saturated rings.